The Balaban J connectivity index is 1.92. The van der Waals surface area contributed by atoms with E-state index in [1.165, 1.54) is 0 Å². The van der Waals surface area contributed by atoms with Crippen LogP contribution in [0.3, 0.4) is 0 Å². The molecule has 1 amide bonds. The maximum absolute atomic E-state index is 11.9. The van der Waals surface area contributed by atoms with Crippen molar-refractivity contribution >= 4 is 55.8 Å². The van der Waals surface area contributed by atoms with E-state index in [9.17, 15) is 4.79 Å². The topological polar surface area (TPSA) is 41.1 Å². The molecule has 0 atom stereocenters. The molecule has 2 rings (SSSR count). The quantitative estimate of drug-likeness (QED) is 0.685. The molecule has 104 valence electrons. The number of halogens is 2. The average Bonchev–Trinajstić information content (AvgIpc) is 2.43. The number of hydrogen-bond donors (Lipinski definition) is 2. The summed E-state index contributed by atoms with van der Waals surface area (Å²) in [6.45, 7) is 2.26. The average molecular weight is 445 g/mol. The monoisotopic (exact) mass is 444 g/mol. The lowest BCUT2D eigenvalue weighted by atomic mass is 10.2. The van der Waals surface area contributed by atoms with Crippen molar-refractivity contribution < 1.29 is 4.79 Å². The van der Waals surface area contributed by atoms with Gasteiger partial charge in [-0.15, -0.1) is 0 Å². The fraction of sp³-hybridized carbons (Fsp3) is 0.133. The molecule has 2 N–H and O–H groups in total. The zero-order valence-electron chi connectivity index (χ0n) is 10.9. The summed E-state index contributed by atoms with van der Waals surface area (Å²) in [5, 5.41) is 6.01. The van der Waals surface area contributed by atoms with Crippen molar-refractivity contribution in [2.24, 2.45) is 0 Å². The first kappa shape index (κ1) is 15.3. The van der Waals surface area contributed by atoms with Gasteiger partial charge < -0.3 is 10.6 Å². The SMILES string of the molecule is Cc1cc(NCC(=O)Nc2ccccc2I)ccc1Br. The van der Waals surface area contributed by atoms with E-state index in [0.717, 1.165) is 25.0 Å². The lowest BCUT2D eigenvalue weighted by molar-refractivity contribution is -0.114. The van der Waals surface area contributed by atoms with Gasteiger partial charge >= 0.3 is 0 Å². The number of para-hydroxylation sites is 1. The molecule has 20 heavy (non-hydrogen) atoms. The molecule has 0 spiro atoms. The van der Waals surface area contributed by atoms with Gasteiger partial charge in [0.2, 0.25) is 5.91 Å². The highest BCUT2D eigenvalue weighted by Crippen LogP contribution is 2.20. The molecular weight excluding hydrogens is 431 g/mol. The molecule has 2 aromatic carbocycles. The van der Waals surface area contributed by atoms with Gasteiger partial charge in [-0.25, -0.2) is 0 Å². The summed E-state index contributed by atoms with van der Waals surface area (Å²) < 4.78 is 2.09. The maximum atomic E-state index is 11.9. The van der Waals surface area contributed by atoms with Gasteiger partial charge in [0.15, 0.2) is 0 Å². The van der Waals surface area contributed by atoms with E-state index in [-0.39, 0.29) is 12.5 Å². The first-order chi connectivity index (χ1) is 9.56. The van der Waals surface area contributed by atoms with Crippen molar-refractivity contribution in [1.29, 1.82) is 0 Å². The molecule has 0 unspecified atom stereocenters. The van der Waals surface area contributed by atoms with Crippen LogP contribution in [0.15, 0.2) is 46.9 Å². The minimum atomic E-state index is -0.0605. The van der Waals surface area contributed by atoms with E-state index in [2.05, 4.69) is 49.2 Å². The van der Waals surface area contributed by atoms with Crippen molar-refractivity contribution in [1.82, 2.24) is 0 Å². The van der Waals surface area contributed by atoms with Crippen LogP contribution in [0.25, 0.3) is 0 Å². The van der Waals surface area contributed by atoms with E-state index >= 15 is 0 Å². The number of rotatable bonds is 4. The third-order valence-corrected chi connectivity index (χ3v) is 4.59. The van der Waals surface area contributed by atoms with Gasteiger partial charge in [0.25, 0.3) is 0 Å². The van der Waals surface area contributed by atoms with E-state index in [1.54, 1.807) is 0 Å². The summed E-state index contributed by atoms with van der Waals surface area (Å²) in [6, 6.07) is 13.6. The number of anilines is 2. The summed E-state index contributed by atoms with van der Waals surface area (Å²) in [6.07, 6.45) is 0. The van der Waals surface area contributed by atoms with Gasteiger partial charge in [-0.2, -0.15) is 0 Å². The molecule has 5 heteroatoms. The van der Waals surface area contributed by atoms with Crippen LogP contribution in [0.5, 0.6) is 0 Å². The largest absolute Gasteiger partial charge is 0.376 e. The highest BCUT2D eigenvalue weighted by atomic mass is 127. The fourth-order valence-electron chi connectivity index (χ4n) is 1.69. The predicted molar refractivity (Wildman–Crippen MR) is 95.2 cm³/mol. The Hall–Kier alpha value is -1.08. The second-order valence-electron chi connectivity index (χ2n) is 4.35. The number of nitrogens with one attached hydrogen (secondary N) is 2. The molecule has 0 radical (unpaired) electrons. The van der Waals surface area contributed by atoms with Crippen molar-refractivity contribution in [3.05, 3.63) is 56.1 Å². The Morgan fingerprint density at radius 3 is 2.70 bits per heavy atom. The first-order valence-electron chi connectivity index (χ1n) is 6.10. The predicted octanol–water partition coefficient (Wildman–Crippen LogP) is 4.41. The number of hydrogen-bond acceptors (Lipinski definition) is 2. The van der Waals surface area contributed by atoms with Crippen molar-refractivity contribution in [2.45, 2.75) is 6.92 Å². The summed E-state index contributed by atoms with van der Waals surface area (Å²) in [5.41, 5.74) is 2.91. The van der Waals surface area contributed by atoms with Crippen LogP contribution < -0.4 is 10.6 Å². The van der Waals surface area contributed by atoms with Gasteiger partial charge in [-0.1, -0.05) is 28.1 Å². The number of carbonyl (C=O) groups excluding carboxylic acids is 1. The van der Waals surface area contributed by atoms with Crippen LogP contribution >= 0.6 is 38.5 Å². The Labute approximate surface area is 140 Å². The van der Waals surface area contributed by atoms with E-state index in [1.807, 2.05) is 49.4 Å². The van der Waals surface area contributed by atoms with E-state index in [4.69, 9.17) is 0 Å². The molecule has 0 aliphatic rings. The van der Waals surface area contributed by atoms with Crippen LogP contribution in [0.4, 0.5) is 11.4 Å². The van der Waals surface area contributed by atoms with Gasteiger partial charge in [-0.05, 0) is 65.4 Å². The van der Waals surface area contributed by atoms with Crippen molar-refractivity contribution in [3.63, 3.8) is 0 Å². The smallest absolute Gasteiger partial charge is 0.243 e. The van der Waals surface area contributed by atoms with Gasteiger partial charge in [0.05, 0.1) is 12.2 Å². The minimum Gasteiger partial charge on any atom is -0.376 e. The van der Waals surface area contributed by atoms with Gasteiger partial charge in [0, 0.05) is 13.7 Å². The summed E-state index contributed by atoms with van der Waals surface area (Å²) in [7, 11) is 0. The standard InChI is InChI=1S/C15H14BrIN2O/c1-10-8-11(6-7-12(10)16)18-9-15(20)19-14-5-3-2-4-13(14)17/h2-8,18H,9H2,1H3,(H,19,20). The number of amides is 1. The summed E-state index contributed by atoms with van der Waals surface area (Å²) in [4.78, 5) is 11.9. The van der Waals surface area contributed by atoms with E-state index in [0.29, 0.717) is 0 Å². The Morgan fingerprint density at radius 1 is 1.25 bits per heavy atom. The maximum Gasteiger partial charge on any atom is 0.243 e. The highest BCUT2D eigenvalue weighted by molar-refractivity contribution is 14.1. The van der Waals surface area contributed by atoms with Crippen molar-refractivity contribution in [2.75, 3.05) is 17.2 Å². The molecule has 0 bridgehead atoms. The van der Waals surface area contributed by atoms with Gasteiger partial charge in [0.1, 0.15) is 0 Å². The van der Waals surface area contributed by atoms with Crippen LogP contribution in [-0.4, -0.2) is 12.5 Å². The molecular formula is C15H14BrIN2O. The van der Waals surface area contributed by atoms with Crippen LogP contribution in [0.2, 0.25) is 0 Å². The number of aryl methyl sites for hydroxylation is 1. The van der Waals surface area contributed by atoms with Crippen LogP contribution in [-0.2, 0) is 4.79 Å². The first-order valence-corrected chi connectivity index (χ1v) is 7.98. The van der Waals surface area contributed by atoms with E-state index < -0.39 is 0 Å². The zero-order valence-corrected chi connectivity index (χ0v) is 14.7. The Morgan fingerprint density at radius 2 is 2.00 bits per heavy atom. The molecule has 0 fully saturated rings. The lowest BCUT2D eigenvalue weighted by Crippen LogP contribution is -2.22. The molecule has 0 aliphatic heterocycles. The molecule has 3 nitrogen and oxygen atoms in total. The Kier molecular flexibility index (Phi) is 5.42. The second-order valence-corrected chi connectivity index (χ2v) is 6.36. The third kappa shape index (κ3) is 4.21. The highest BCUT2D eigenvalue weighted by Gasteiger charge is 2.05. The Bertz CT molecular complexity index is 631. The van der Waals surface area contributed by atoms with Crippen molar-refractivity contribution in [3.8, 4) is 0 Å². The van der Waals surface area contributed by atoms with Crippen LogP contribution in [0, 0.1) is 10.5 Å². The number of carbonyl (C=O) groups is 1. The number of benzene rings is 2. The normalized spacial score (nSPS) is 10.2. The third-order valence-electron chi connectivity index (χ3n) is 2.76. The molecule has 0 saturated carbocycles. The molecule has 0 aromatic heterocycles. The second kappa shape index (κ2) is 7.08. The summed E-state index contributed by atoms with van der Waals surface area (Å²) >= 11 is 5.65. The molecule has 0 saturated heterocycles. The fourth-order valence-corrected chi connectivity index (χ4v) is 2.46. The van der Waals surface area contributed by atoms with Crippen LogP contribution in [0.1, 0.15) is 5.56 Å². The lowest BCUT2D eigenvalue weighted by Gasteiger charge is -2.10. The minimum absolute atomic E-state index is 0.0605. The molecule has 0 heterocycles. The molecule has 2 aromatic rings. The van der Waals surface area contributed by atoms with Gasteiger partial charge in [-0.3, -0.25) is 4.79 Å². The molecule has 0 aliphatic carbocycles. The summed E-state index contributed by atoms with van der Waals surface area (Å²) in [5.74, 6) is -0.0605. The zero-order chi connectivity index (χ0) is 14.5.